The van der Waals surface area contributed by atoms with E-state index in [1.54, 1.807) is 6.07 Å². The molecule has 0 aromatic heterocycles. The Morgan fingerprint density at radius 1 is 1.50 bits per heavy atom. The number of aliphatic hydroxyl groups is 1. The van der Waals surface area contributed by atoms with Crippen molar-refractivity contribution >= 4 is 0 Å². The SMILES string of the molecule is CCc1ccc(CO)cc1C#N. The van der Waals surface area contributed by atoms with Crippen molar-refractivity contribution in [2.45, 2.75) is 20.0 Å². The molecule has 1 N–H and O–H groups in total. The quantitative estimate of drug-likeness (QED) is 0.716. The van der Waals surface area contributed by atoms with Gasteiger partial charge in [-0.15, -0.1) is 0 Å². The van der Waals surface area contributed by atoms with Crippen LogP contribution >= 0.6 is 0 Å². The molecule has 62 valence electrons. The number of rotatable bonds is 2. The van der Waals surface area contributed by atoms with Crippen LogP contribution in [0.2, 0.25) is 0 Å². The van der Waals surface area contributed by atoms with E-state index in [1.807, 2.05) is 19.1 Å². The highest BCUT2D eigenvalue weighted by atomic mass is 16.3. The van der Waals surface area contributed by atoms with Gasteiger partial charge in [0.15, 0.2) is 0 Å². The minimum atomic E-state index is -0.00132. The van der Waals surface area contributed by atoms with Gasteiger partial charge in [-0.2, -0.15) is 5.26 Å². The molecule has 1 aromatic carbocycles. The highest BCUT2D eigenvalue weighted by molar-refractivity contribution is 5.40. The zero-order chi connectivity index (χ0) is 8.97. The van der Waals surface area contributed by atoms with E-state index in [9.17, 15) is 0 Å². The summed E-state index contributed by atoms with van der Waals surface area (Å²) in [4.78, 5) is 0. The second-order valence-corrected chi connectivity index (χ2v) is 2.61. The number of nitriles is 1. The first-order valence-corrected chi connectivity index (χ1v) is 3.94. The normalized spacial score (nSPS) is 9.42. The maximum atomic E-state index is 8.81. The Bertz CT molecular complexity index is 312. The molecule has 0 spiro atoms. The third kappa shape index (κ3) is 1.63. The molecule has 0 saturated heterocycles. The Morgan fingerprint density at radius 2 is 2.25 bits per heavy atom. The Morgan fingerprint density at radius 3 is 2.75 bits per heavy atom. The van der Waals surface area contributed by atoms with E-state index < -0.39 is 0 Å². The summed E-state index contributed by atoms with van der Waals surface area (Å²) in [6, 6.07) is 7.58. The standard InChI is InChI=1S/C10H11NO/c1-2-9-4-3-8(7-12)5-10(9)6-11/h3-5,12H,2,7H2,1H3. The Kier molecular flexibility index (Phi) is 2.84. The van der Waals surface area contributed by atoms with Crippen molar-refractivity contribution in [1.82, 2.24) is 0 Å². The van der Waals surface area contributed by atoms with Gasteiger partial charge in [0.2, 0.25) is 0 Å². The molecule has 0 unspecified atom stereocenters. The van der Waals surface area contributed by atoms with Gasteiger partial charge < -0.3 is 5.11 Å². The summed E-state index contributed by atoms with van der Waals surface area (Å²) >= 11 is 0. The second kappa shape index (κ2) is 3.89. The monoisotopic (exact) mass is 161 g/mol. The highest BCUT2D eigenvalue weighted by Crippen LogP contribution is 2.11. The van der Waals surface area contributed by atoms with Crippen molar-refractivity contribution in [1.29, 1.82) is 5.26 Å². The lowest BCUT2D eigenvalue weighted by Crippen LogP contribution is -1.90. The van der Waals surface area contributed by atoms with Crippen molar-refractivity contribution in [2.24, 2.45) is 0 Å². The smallest absolute Gasteiger partial charge is 0.0994 e. The summed E-state index contributed by atoms with van der Waals surface area (Å²) in [7, 11) is 0. The minimum Gasteiger partial charge on any atom is -0.392 e. The third-order valence-corrected chi connectivity index (χ3v) is 1.86. The van der Waals surface area contributed by atoms with E-state index in [0.29, 0.717) is 5.56 Å². The average Bonchev–Trinajstić information content (AvgIpc) is 2.16. The minimum absolute atomic E-state index is 0.00132. The number of hydrogen-bond acceptors (Lipinski definition) is 2. The van der Waals surface area contributed by atoms with Crippen molar-refractivity contribution in [3.05, 3.63) is 34.9 Å². The molecular weight excluding hydrogens is 150 g/mol. The van der Waals surface area contributed by atoms with Crippen LogP contribution in [0.1, 0.15) is 23.6 Å². The number of hydrogen-bond donors (Lipinski definition) is 1. The van der Waals surface area contributed by atoms with Crippen LogP contribution in [0.5, 0.6) is 0 Å². The predicted octanol–water partition coefficient (Wildman–Crippen LogP) is 1.61. The summed E-state index contributed by atoms with van der Waals surface area (Å²) in [6.45, 7) is 2.01. The summed E-state index contributed by atoms with van der Waals surface area (Å²) in [5, 5.41) is 17.5. The van der Waals surface area contributed by atoms with Gasteiger partial charge in [-0.25, -0.2) is 0 Å². The van der Waals surface area contributed by atoms with Gasteiger partial charge in [0.1, 0.15) is 0 Å². The van der Waals surface area contributed by atoms with Gasteiger partial charge >= 0.3 is 0 Å². The fraction of sp³-hybridized carbons (Fsp3) is 0.300. The molecule has 1 rings (SSSR count). The van der Waals surface area contributed by atoms with Crippen LogP contribution in [0.4, 0.5) is 0 Å². The largest absolute Gasteiger partial charge is 0.392 e. The van der Waals surface area contributed by atoms with E-state index in [4.69, 9.17) is 10.4 Å². The van der Waals surface area contributed by atoms with Crippen LogP contribution < -0.4 is 0 Å². The number of aliphatic hydroxyl groups excluding tert-OH is 1. The number of nitrogens with zero attached hydrogens (tertiary/aromatic N) is 1. The zero-order valence-corrected chi connectivity index (χ0v) is 7.04. The molecule has 0 aliphatic heterocycles. The number of benzene rings is 1. The molecule has 1 aromatic rings. The lowest BCUT2D eigenvalue weighted by atomic mass is 10.0. The predicted molar refractivity (Wildman–Crippen MR) is 46.5 cm³/mol. The van der Waals surface area contributed by atoms with E-state index in [1.165, 1.54) is 0 Å². The van der Waals surface area contributed by atoms with Crippen LogP contribution in [-0.2, 0) is 13.0 Å². The number of aryl methyl sites for hydroxylation is 1. The Balaban J connectivity index is 3.13. The van der Waals surface area contributed by atoms with Crippen LogP contribution in [0.25, 0.3) is 0 Å². The molecule has 0 saturated carbocycles. The molecule has 12 heavy (non-hydrogen) atoms. The molecule has 0 aliphatic carbocycles. The van der Waals surface area contributed by atoms with Crippen molar-refractivity contribution in [2.75, 3.05) is 0 Å². The molecule has 0 radical (unpaired) electrons. The fourth-order valence-electron chi connectivity index (χ4n) is 1.13. The Labute approximate surface area is 72.1 Å². The third-order valence-electron chi connectivity index (χ3n) is 1.86. The molecule has 2 nitrogen and oxygen atoms in total. The molecule has 0 bridgehead atoms. The summed E-state index contributed by atoms with van der Waals surface area (Å²) in [5.74, 6) is 0. The highest BCUT2D eigenvalue weighted by Gasteiger charge is 2.00. The fourth-order valence-corrected chi connectivity index (χ4v) is 1.13. The topological polar surface area (TPSA) is 44.0 Å². The summed E-state index contributed by atoms with van der Waals surface area (Å²) in [5.41, 5.74) is 2.50. The first kappa shape index (κ1) is 8.76. The average molecular weight is 161 g/mol. The van der Waals surface area contributed by atoms with Gasteiger partial charge in [-0.3, -0.25) is 0 Å². The molecular formula is C10H11NO. The molecule has 0 atom stereocenters. The lowest BCUT2D eigenvalue weighted by molar-refractivity contribution is 0.282. The van der Waals surface area contributed by atoms with Gasteiger partial charge in [0, 0.05) is 0 Å². The molecule has 0 amide bonds. The van der Waals surface area contributed by atoms with Crippen LogP contribution in [-0.4, -0.2) is 5.11 Å². The zero-order valence-electron chi connectivity index (χ0n) is 7.04. The first-order chi connectivity index (χ1) is 5.81. The molecule has 0 heterocycles. The van der Waals surface area contributed by atoms with E-state index in [2.05, 4.69) is 6.07 Å². The van der Waals surface area contributed by atoms with Crippen LogP contribution in [0.15, 0.2) is 18.2 Å². The molecule has 0 fully saturated rings. The van der Waals surface area contributed by atoms with Crippen molar-refractivity contribution in [3.63, 3.8) is 0 Å². The van der Waals surface area contributed by atoms with Gasteiger partial charge in [0.25, 0.3) is 0 Å². The van der Waals surface area contributed by atoms with Crippen molar-refractivity contribution < 1.29 is 5.11 Å². The lowest BCUT2D eigenvalue weighted by Gasteiger charge is -2.01. The maximum Gasteiger partial charge on any atom is 0.0994 e. The summed E-state index contributed by atoms with van der Waals surface area (Å²) in [6.07, 6.45) is 0.856. The second-order valence-electron chi connectivity index (χ2n) is 2.61. The van der Waals surface area contributed by atoms with Gasteiger partial charge in [-0.1, -0.05) is 19.1 Å². The van der Waals surface area contributed by atoms with Gasteiger partial charge in [0.05, 0.1) is 18.2 Å². The first-order valence-electron chi connectivity index (χ1n) is 3.94. The molecule has 0 aliphatic rings. The Hall–Kier alpha value is -1.33. The van der Waals surface area contributed by atoms with E-state index in [0.717, 1.165) is 17.5 Å². The van der Waals surface area contributed by atoms with Crippen molar-refractivity contribution in [3.8, 4) is 6.07 Å². The maximum absolute atomic E-state index is 8.81. The summed E-state index contributed by atoms with van der Waals surface area (Å²) < 4.78 is 0. The van der Waals surface area contributed by atoms with Crippen LogP contribution in [0, 0.1) is 11.3 Å². The molecule has 2 heteroatoms. The van der Waals surface area contributed by atoms with E-state index in [-0.39, 0.29) is 6.61 Å². The van der Waals surface area contributed by atoms with Crippen LogP contribution in [0.3, 0.4) is 0 Å². The van der Waals surface area contributed by atoms with Gasteiger partial charge in [-0.05, 0) is 23.6 Å². The van der Waals surface area contributed by atoms with E-state index >= 15 is 0 Å².